The minimum Gasteiger partial charge on any atom is -0.497 e. The molecule has 6 heteroatoms. The quantitative estimate of drug-likeness (QED) is 0.527. The van der Waals surface area contributed by atoms with Crippen LogP contribution in [0.15, 0.2) is 79.0 Å². The maximum atomic E-state index is 13.0. The molecule has 4 rings (SSSR count). The molecule has 0 saturated carbocycles. The summed E-state index contributed by atoms with van der Waals surface area (Å²) >= 11 is 0. The molecule has 150 valence electrons. The van der Waals surface area contributed by atoms with Crippen molar-refractivity contribution < 1.29 is 14.3 Å². The number of nitrogens with one attached hydrogen (secondary N) is 1. The summed E-state index contributed by atoms with van der Waals surface area (Å²) < 4.78 is 10.5. The zero-order valence-electron chi connectivity index (χ0n) is 16.7. The second-order valence-electron chi connectivity index (χ2n) is 6.70. The van der Waals surface area contributed by atoms with E-state index in [9.17, 15) is 4.79 Å². The lowest BCUT2D eigenvalue weighted by Crippen LogP contribution is -2.30. The molecule has 1 amide bonds. The average Bonchev–Trinajstić information content (AvgIpc) is 2.82. The second-order valence-corrected chi connectivity index (χ2v) is 6.70. The van der Waals surface area contributed by atoms with Crippen molar-refractivity contribution in [3.05, 3.63) is 95.8 Å². The summed E-state index contributed by atoms with van der Waals surface area (Å²) in [5.74, 6) is 1.20. The van der Waals surface area contributed by atoms with E-state index in [1.165, 1.54) is 6.20 Å². The number of hydrogen-bond acceptors (Lipinski definition) is 5. The van der Waals surface area contributed by atoms with Crippen LogP contribution < -0.4 is 14.8 Å². The van der Waals surface area contributed by atoms with E-state index in [1.807, 2.05) is 72.8 Å². The van der Waals surface area contributed by atoms with Crippen molar-refractivity contribution in [2.45, 2.75) is 6.04 Å². The number of aromatic nitrogens is 2. The Labute approximate surface area is 174 Å². The van der Waals surface area contributed by atoms with Crippen LogP contribution in [-0.4, -0.2) is 30.1 Å². The van der Waals surface area contributed by atoms with E-state index in [1.54, 1.807) is 14.2 Å². The number of carbonyl (C=O) groups excluding carboxylic acids is 1. The van der Waals surface area contributed by atoms with Gasteiger partial charge in [-0.1, -0.05) is 36.4 Å². The van der Waals surface area contributed by atoms with E-state index in [4.69, 9.17) is 9.47 Å². The maximum Gasteiger partial charge on any atom is 0.272 e. The average molecular weight is 399 g/mol. The Morgan fingerprint density at radius 2 is 1.33 bits per heavy atom. The van der Waals surface area contributed by atoms with Gasteiger partial charge in [0.2, 0.25) is 0 Å². The van der Waals surface area contributed by atoms with Crippen LogP contribution in [0.1, 0.15) is 27.7 Å². The fourth-order valence-electron chi connectivity index (χ4n) is 3.22. The fourth-order valence-corrected chi connectivity index (χ4v) is 3.22. The highest BCUT2D eigenvalue weighted by Gasteiger charge is 2.19. The van der Waals surface area contributed by atoms with Gasteiger partial charge in [0.1, 0.15) is 17.2 Å². The first-order valence-corrected chi connectivity index (χ1v) is 9.48. The minimum absolute atomic E-state index is 0.265. The molecule has 0 spiro atoms. The Morgan fingerprint density at radius 3 is 1.87 bits per heavy atom. The Balaban J connectivity index is 1.67. The van der Waals surface area contributed by atoms with Gasteiger partial charge in [-0.3, -0.25) is 9.78 Å². The first-order valence-electron chi connectivity index (χ1n) is 9.48. The van der Waals surface area contributed by atoms with E-state index < -0.39 is 0 Å². The number of carbonyl (C=O) groups is 1. The minimum atomic E-state index is -0.373. The van der Waals surface area contributed by atoms with Gasteiger partial charge in [-0.05, 0) is 47.5 Å². The van der Waals surface area contributed by atoms with Gasteiger partial charge in [-0.25, -0.2) is 4.98 Å². The maximum absolute atomic E-state index is 13.0. The lowest BCUT2D eigenvalue weighted by Gasteiger charge is -2.20. The largest absolute Gasteiger partial charge is 0.497 e. The Kier molecular flexibility index (Phi) is 5.57. The summed E-state index contributed by atoms with van der Waals surface area (Å²) in [6.07, 6.45) is 1.50. The van der Waals surface area contributed by atoms with Crippen molar-refractivity contribution >= 4 is 16.9 Å². The van der Waals surface area contributed by atoms with Crippen LogP contribution in [0.2, 0.25) is 0 Å². The molecule has 0 atom stereocenters. The van der Waals surface area contributed by atoms with Crippen molar-refractivity contribution in [1.29, 1.82) is 0 Å². The number of ether oxygens (including phenoxy) is 2. The van der Waals surface area contributed by atoms with E-state index in [2.05, 4.69) is 15.3 Å². The molecule has 0 aliphatic rings. The van der Waals surface area contributed by atoms with E-state index in [0.29, 0.717) is 5.52 Å². The molecule has 4 aromatic rings. The molecule has 0 unspecified atom stereocenters. The molecule has 0 fully saturated rings. The Morgan fingerprint density at radius 1 is 0.800 bits per heavy atom. The molecule has 1 N–H and O–H groups in total. The van der Waals surface area contributed by atoms with Gasteiger partial charge >= 0.3 is 0 Å². The lowest BCUT2D eigenvalue weighted by atomic mass is 9.98. The molecule has 0 saturated heterocycles. The van der Waals surface area contributed by atoms with Crippen LogP contribution in [0.3, 0.4) is 0 Å². The Bertz CT molecular complexity index is 1110. The highest BCUT2D eigenvalue weighted by Crippen LogP contribution is 2.26. The van der Waals surface area contributed by atoms with Gasteiger partial charge in [-0.15, -0.1) is 0 Å². The smallest absolute Gasteiger partial charge is 0.272 e. The molecule has 0 aliphatic heterocycles. The number of para-hydroxylation sites is 2. The summed E-state index contributed by atoms with van der Waals surface area (Å²) in [6, 6.07) is 22.3. The van der Waals surface area contributed by atoms with Crippen LogP contribution in [0, 0.1) is 0 Å². The van der Waals surface area contributed by atoms with Gasteiger partial charge in [0, 0.05) is 0 Å². The first-order chi connectivity index (χ1) is 14.7. The van der Waals surface area contributed by atoms with Gasteiger partial charge < -0.3 is 14.8 Å². The SMILES string of the molecule is COc1ccc(C(NC(=O)c2cnc3ccccc3n2)c2ccc(OC)cc2)cc1. The Hall–Kier alpha value is -3.93. The number of amides is 1. The number of nitrogens with zero attached hydrogens (tertiary/aromatic N) is 2. The molecule has 0 bridgehead atoms. The normalized spacial score (nSPS) is 10.8. The number of benzene rings is 3. The number of fused-ring (bicyclic) bond motifs is 1. The summed E-state index contributed by atoms with van der Waals surface area (Å²) in [7, 11) is 3.24. The molecule has 0 radical (unpaired) electrons. The third-order valence-electron chi connectivity index (χ3n) is 4.85. The number of rotatable bonds is 6. The molecule has 1 heterocycles. The van der Waals surface area contributed by atoms with Crippen molar-refractivity contribution in [3.8, 4) is 11.5 Å². The lowest BCUT2D eigenvalue weighted by molar-refractivity contribution is 0.0938. The van der Waals surface area contributed by atoms with Crippen LogP contribution >= 0.6 is 0 Å². The monoisotopic (exact) mass is 399 g/mol. The van der Waals surface area contributed by atoms with Gasteiger partial charge in [-0.2, -0.15) is 0 Å². The number of hydrogen-bond donors (Lipinski definition) is 1. The predicted octanol–water partition coefficient (Wildman–Crippen LogP) is 4.17. The van der Waals surface area contributed by atoms with Crippen molar-refractivity contribution in [1.82, 2.24) is 15.3 Å². The van der Waals surface area contributed by atoms with E-state index in [0.717, 1.165) is 28.1 Å². The molecule has 30 heavy (non-hydrogen) atoms. The second kappa shape index (κ2) is 8.61. The molecule has 3 aromatic carbocycles. The standard InChI is InChI=1S/C24H21N3O3/c1-29-18-11-7-16(8-12-18)23(17-9-13-19(30-2)14-10-17)27-24(28)22-15-25-20-5-3-4-6-21(20)26-22/h3-15,23H,1-2H3,(H,27,28). The van der Waals surface area contributed by atoms with Gasteiger partial charge in [0.05, 0.1) is 37.5 Å². The van der Waals surface area contributed by atoms with E-state index >= 15 is 0 Å². The summed E-state index contributed by atoms with van der Waals surface area (Å²) in [6.45, 7) is 0. The van der Waals surface area contributed by atoms with Gasteiger partial charge in [0.25, 0.3) is 5.91 Å². The third kappa shape index (κ3) is 4.07. The number of methoxy groups -OCH3 is 2. The predicted molar refractivity (Wildman–Crippen MR) is 115 cm³/mol. The third-order valence-corrected chi connectivity index (χ3v) is 4.85. The van der Waals surface area contributed by atoms with Crippen LogP contribution in [0.4, 0.5) is 0 Å². The zero-order valence-corrected chi connectivity index (χ0v) is 16.7. The highest BCUT2D eigenvalue weighted by molar-refractivity contribution is 5.94. The van der Waals surface area contributed by atoms with Crippen LogP contribution in [0.25, 0.3) is 11.0 Å². The molecular formula is C24H21N3O3. The van der Waals surface area contributed by atoms with Crippen LogP contribution in [0.5, 0.6) is 11.5 Å². The molecular weight excluding hydrogens is 378 g/mol. The summed E-state index contributed by atoms with van der Waals surface area (Å²) in [5, 5.41) is 3.08. The van der Waals surface area contributed by atoms with Crippen molar-refractivity contribution in [2.24, 2.45) is 0 Å². The van der Waals surface area contributed by atoms with Crippen molar-refractivity contribution in [3.63, 3.8) is 0 Å². The zero-order chi connectivity index (χ0) is 20.9. The van der Waals surface area contributed by atoms with Crippen molar-refractivity contribution in [2.75, 3.05) is 14.2 Å². The first kappa shape index (κ1) is 19.4. The van der Waals surface area contributed by atoms with Gasteiger partial charge in [0.15, 0.2) is 0 Å². The fraction of sp³-hybridized carbons (Fsp3) is 0.125. The molecule has 0 aliphatic carbocycles. The molecule has 6 nitrogen and oxygen atoms in total. The van der Waals surface area contributed by atoms with Crippen LogP contribution in [-0.2, 0) is 0 Å². The highest BCUT2D eigenvalue weighted by atomic mass is 16.5. The summed E-state index contributed by atoms with van der Waals surface area (Å²) in [4.78, 5) is 21.8. The summed E-state index contributed by atoms with van der Waals surface area (Å²) in [5.41, 5.74) is 3.53. The topological polar surface area (TPSA) is 73.3 Å². The van der Waals surface area contributed by atoms with E-state index in [-0.39, 0.29) is 17.6 Å². The molecule has 1 aromatic heterocycles.